The maximum atomic E-state index is 12.8. The third kappa shape index (κ3) is 2.00. The molecule has 2 aliphatic carbocycles. The summed E-state index contributed by atoms with van der Waals surface area (Å²) in [5.41, 5.74) is 1.50. The molecular weight excluding hydrogens is 304 g/mol. The summed E-state index contributed by atoms with van der Waals surface area (Å²) < 4.78 is 5.00. The number of nitrogens with zero attached hydrogens (tertiary/aromatic N) is 1. The molecule has 5 rings (SSSR count). The van der Waals surface area contributed by atoms with E-state index in [1.165, 1.54) is 12.0 Å². The number of piperidine rings is 1. The van der Waals surface area contributed by atoms with Gasteiger partial charge in [0.2, 0.25) is 5.91 Å². The molecule has 4 fully saturated rings. The number of alkyl carbamates (subject to hydrolysis) is 1. The normalized spacial score (nSPS) is 39.7. The average Bonchev–Trinajstić information content (AvgIpc) is 3.19. The van der Waals surface area contributed by atoms with Crippen LogP contribution in [0.15, 0.2) is 30.3 Å². The van der Waals surface area contributed by atoms with Crippen LogP contribution >= 0.6 is 0 Å². The lowest BCUT2D eigenvalue weighted by Crippen LogP contribution is -2.58. The Morgan fingerprint density at radius 2 is 2.00 bits per heavy atom. The van der Waals surface area contributed by atoms with Crippen LogP contribution in [0.5, 0.6) is 0 Å². The quantitative estimate of drug-likeness (QED) is 0.905. The number of amides is 2. The molecule has 5 heteroatoms. The standard InChI is InChI=1S/C19H22N2O3/c22-16(13-8-18(9-13)12-24-17(23)20-18)21-7-6-19(10-15(19)11-21)14-4-2-1-3-5-14/h1-5,13,15H,6-12H2,(H,20,23)/t13-,15?,18+,19?. The van der Waals surface area contributed by atoms with Crippen LogP contribution in [0.2, 0.25) is 0 Å². The third-order valence-corrected chi connectivity index (χ3v) is 6.63. The number of nitrogens with one attached hydrogen (secondary N) is 1. The summed E-state index contributed by atoms with van der Waals surface area (Å²) in [4.78, 5) is 26.1. The molecule has 1 aromatic carbocycles. The Hall–Kier alpha value is -2.04. The van der Waals surface area contributed by atoms with Gasteiger partial charge < -0.3 is 15.0 Å². The van der Waals surface area contributed by atoms with Gasteiger partial charge in [-0.1, -0.05) is 30.3 Å². The van der Waals surface area contributed by atoms with Crippen molar-refractivity contribution in [1.29, 1.82) is 0 Å². The van der Waals surface area contributed by atoms with E-state index < -0.39 is 0 Å². The summed E-state index contributed by atoms with van der Waals surface area (Å²) in [7, 11) is 0. The van der Waals surface area contributed by atoms with Gasteiger partial charge >= 0.3 is 6.09 Å². The summed E-state index contributed by atoms with van der Waals surface area (Å²) in [5.74, 6) is 0.937. The van der Waals surface area contributed by atoms with E-state index in [-0.39, 0.29) is 23.5 Å². The van der Waals surface area contributed by atoms with Gasteiger partial charge in [0.25, 0.3) is 0 Å². The van der Waals surface area contributed by atoms with Crippen molar-refractivity contribution < 1.29 is 14.3 Å². The van der Waals surface area contributed by atoms with E-state index in [2.05, 4.69) is 40.5 Å². The van der Waals surface area contributed by atoms with E-state index in [0.29, 0.717) is 17.9 Å². The number of hydrogen-bond acceptors (Lipinski definition) is 3. The zero-order chi connectivity index (χ0) is 16.4. The first-order chi connectivity index (χ1) is 11.6. The highest BCUT2D eigenvalue weighted by molar-refractivity contribution is 5.82. The highest BCUT2D eigenvalue weighted by Gasteiger charge is 2.59. The molecule has 0 aromatic heterocycles. The second kappa shape index (κ2) is 4.74. The van der Waals surface area contributed by atoms with Crippen molar-refractivity contribution >= 4 is 12.0 Å². The largest absolute Gasteiger partial charge is 0.447 e. The van der Waals surface area contributed by atoms with Crippen LogP contribution in [0.1, 0.15) is 31.2 Å². The maximum absolute atomic E-state index is 12.8. The Kier molecular flexibility index (Phi) is 2.83. The number of cyclic esters (lactones) is 1. The maximum Gasteiger partial charge on any atom is 0.407 e. The Balaban J connectivity index is 1.21. The van der Waals surface area contributed by atoms with E-state index in [9.17, 15) is 9.59 Å². The second-order valence-electron chi connectivity index (χ2n) is 8.04. The summed E-state index contributed by atoms with van der Waals surface area (Å²) in [5, 5.41) is 2.87. The second-order valence-corrected chi connectivity index (χ2v) is 8.04. The fraction of sp³-hybridized carbons (Fsp3) is 0.579. The van der Waals surface area contributed by atoms with Crippen LogP contribution in [0, 0.1) is 11.8 Å². The number of hydrogen-bond donors (Lipinski definition) is 1. The van der Waals surface area contributed by atoms with Crippen LogP contribution in [0.25, 0.3) is 0 Å². The predicted octanol–water partition coefficient (Wildman–Crippen LogP) is 2.07. The lowest BCUT2D eigenvalue weighted by molar-refractivity contribution is -0.142. The highest BCUT2D eigenvalue weighted by atomic mass is 16.6. The van der Waals surface area contributed by atoms with Crippen molar-refractivity contribution in [3.05, 3.63) is 35.9 Å². The summed E-state index contributed by atoms with van der Waals surface area (Å²) >= 11 is 0. The smallest absolute Gasteiger partial charge is 0.407 e. The van der Waals surface area contributed by atoms with Gasteiger partial charge in [-0.3, -0.25) is 4.79 Å². The van der Waals surface area contributed by atoms with Gasteiger partial charge in [-0.25, -0.2) is 4.79 Å². The van der Waals surface area contributed by atoms with Crippen molar-refractivity contribution in [3.63, 3.8) is 0 Å². The van der Waals surface area contributed by atoms with Gasteiger partial charge in [-0.2, -0.15) is 0 Å². The molecule has 24 heavy (non-hydrogen) atoms. The first kappa shape index (κ1) is 14.3. The molecule has 2 saturated carbocycles. The van der Waals surface area contributed by atoms with Gasteiger partial charge in [-0.15, -0.1) is 0 Å². The lowest BCUT2D eigenvalue weighted by Gasteiger charge is -2.44. The Morgan fingerprint density at radius 1 is 1.21 bits per heavy atom. The lowest BCUT2D eigenvalue weighted by atomic mass is 9.68. The van der Waals surface area contributed by atoms with E-state index >= 15 is 0 Å². The van der Waals surface area contributed by atoms with Crippen molar-refractivity contribution in [1.82, 2.24) is 10.2 Å². The molecule has 1 aromatic rings. The number of benzene rings is 1. The molecule has 4 aliphatic rings. The van der Waals surface area contributed by atoms with Crippen LogP contribution in [-0.2, 0) is 14.9 Å². The van der Waals surface area contributed by atoms with Gasteiger partial charge in [0.15, 0.2) is 0 Å². The summed E-state index contributed by atoms with van der Waals surface area (Å²) in [6, 6.07) is 10.8. The molecular formula is C19H22N2O3. The van der Waals surface area contributed by atoms with Crippen molar-refractivity contribution in [2.75, 3.05) is 19.7 Å². The van der Waals surface area contributed by atoms with Gasteiger partial charge in [-0.05, 0) is 37.2 Å². The summed E-state index contributed by atoms with van der Waals surface area (Å²) in [6.07, 6.45) is 3.39. The number of likely N-dealkylation sites (tertiary alicyclic amines) is 1. The van der Waals surface area contributed by atoms with Gasteiger partial charge in [0, 0.05) is 24.4 Å². The van der Waals surface area contributed by atoms with Crippen molar-refractivity contribution in [2.24, 2.45) is 11.8 Å². The van der Waals surface area contributed by atoms with Gasteiger partial charge in [0.1, 0.15) is 6.61 Å². The van der Waals surface area contributed by atoms with E-state index in [0.717, 1.165) is 32.4 Å². The fourth-order valence-electron chi connectivity index (χ4n) is 5.11. The van der Waals surface area contributed by atoms with Crippen molar-refractivity contribution in [2.45, 2.75) is 36.6 Å². The Bertz CT molecular complexity index is 698. The minimum Gasteiger partial charge on any atom is -0.447 e. The van der Waals surface area contributed by atoms with Crippen molar-refractivity contribution in [3.8, 4) is 0 Å². The molecule has 2 heterocycles. The third-order valence-electron chi connectivity index (χ3n) is 6.63. The SMILES string of the molecule is O=C1N[C@]2(CO1)C[C@H](C(=O)N1CCC3(c4ccccc4)CC3C1)C2. The topological polar surface area (TPSA) is 58.6 Å². The zero-order valence-corrected chi connectivity index (χ0v) is 13.7. The van der Waals surface area contributed by atoms with Gasteiger partial charge in [0.05, 0.1) is 5.54 Å². The molecule has 126 valence electrons. The number of ether oxygens (including phenoxy) is 1. The van der Waals surface area contributed by atoms with Crippen LogP contribution in [-0.4, -0.2) is 42.1 Å². The van der Waals surface area contributed by atoms with Crippen LogP contribution in [0.3, 0.4) is 0 Å². The molecule has 2 atom stereocenters. The molecule has 2 amide bonds. The molecule has 5 nitrogen and oxygen atoms in total. The molecule has 2 saturated heterocycles. The molecule has 1 N–H and O–H groups in total. The van der Waals surface area contributed by atoms with E-state index in [4.69, 9.17) is 4.74 Å². The number of fused-ring (bicyclic) bond motifs is 1. The van der Waals surface area contributed by atoms with Crippen LogP contribution in [0.4, 0.5) is 4.79 Å². The highest BCUT2D eigenvalue weighted by Crippen LogP contribution is 2.59. The summed E-state index contributed by atoms with van der Waals surface area (Å²) in [6.45, 7) is 2.16. The molecule has 2 unspecified atom stereocenters. The van der Waals surface area contributed by atoms with E-state index in [1.54, 1.807) is 0 Å². The monoisotopic (exact) mass is 326 g/mol. The minimum absolute atomic E-state index is 0.0509. The van der Waals surface area contributed by atoms with Crippen LogP contribution < -0.4 is 5.32 Å². The minimum atomic E-state index is -0.343. The molecule has 1 spiro atoms. The Labute approximate surface area is 141 Å². The Morgan fingerprint density at radius 3 is 2.67 bits per heavy atom. The first-order valence-electron chi connectivity index (χ1n) is 8.90. The first-order valence-corrected chi connectivity index (χ1v) is 8.90. The molecule has 2 aliphatic heterocycles. The number of rotatable bonds is 2. The zero-order valence-electron chi connectivity index (χ0n) is 13.7. The number of carbonyl (C=O) groups is 2. The number of carbonyl (C=O) groups excluding carboxylic acids is 2. The molecule has 0 radical (unpaired) electrons. The molecule has 0 bridgehead atoms. The van der Waals surface area contributed by atoms with E-state index in [1.807, 2.05) is 0 Å². The predicted molar refractivity (Wildman–Crippen MR) is 87.4 cm³/mol. The fourth-order valence-corrected chi connectivity index (χ4v) is 5.11. The average molecular weight is 326 g/mol.